The van der Waals surface area contributed by atoms with E-state index in [1.165, 1.54) is 37.0 Å². The van der Waals surface area contributed by atoms with Gasteiger partial charge in [-0.3, -0.25) is 9.79 Å². The highest BCUT2D eigenvalue weighted by Gasteiger charge is 2.34. The highest BCUT2D eigenvalue weighted by molar-refractivity contribution is 14.0. The summed E-state index contributed by atoms with van der Waals surface area (Å²) in [5.74, 6) is 0.874. The molecular formula is C22H33IN4OS. The molecule has 3 rings (SSSR count). The molecule has 2 aromatic heterocycles. The Hall–Kier alpha value is -1.35. The first-order chi connectivity index (χ1) is 13.7. The van der Waals surface area contributed by atoms with Gasteiger partial charge in [-0.15, -0.1) is 35.3 Å². The van der Waals surface area contributed by atoms with E-state index in [4.69, 9.17) is 0 Å². The fourth-order valence-corrected chi connectivity index (χ4v) is 5.04. The van der Waals surface area contributed by atoms with E-state index in [0.717, 1.165) is 38.4 Å². The number of unbranched alkanes of at least 4 members (excludes halogenated alkanes) is 1. The first kappa shape index (κ1) is 23.9. The summed E-state index contributed by atoms with van der Waals surface area (Å²) in [4.78, 5) is 17.6. The van der Waals surface area contributed by atoms with Crippen molar-refractivity contribution >= 4 is 41.3 Å². The van der Waals surface area contributed by atoms with Gasteiger partial charge in [0, 0.05) is 49.2 Å². The molecule has 1 saturated carbocycles. The first-order valence-electron chi connectivity index (χ1n) is 10.4. The van der Waals surface area contributed by atoms with Gasteiger partial charge in [-0.25, -0.2) is 0 Å². The second-order valence-electron chi connectivity index (χ2n) is 7.61. The van der Waals surface area contributed by atoms with Crippen molar-refractivity contribution in [3.05, 3.63) is 57.1 Å². The van der Waals surface area contributed by atoms with Crippen LogP contribution < -0.4 is 16.2 Å². The highest BCUT2D eigenvalue weighted by atomic mass is 127. The normalized spacial score (nSPS) is 16.1. The molecule has 2 N–H and O–H groups in total. The zero-order valence-electron chi connectivity index (χ0n) is 17.2. The third-order valence-electron chi connectivity index (χ3n) is 5.69. The number of pyridine rings is 1. The van der Waals surface area contributed by atoms with Crippen molar-refractivity contribution in [2.45, 2.75) is 56.9 Å². The van der Waals surface area contributed by atoms with Gasteiger partial charge < -0.3 is 15.2 Å². The SMILES string of the molecule is CN=C(NCCCCn1ccccc1=O)NCC1(c2cccs2)CCCCC1.I. The Morgan fingerprint density at radius 2 is 1.97 bits per heavy atom. The number of nitrogens with zero attached hydrogens (tertiary/aromatic N) is 2. The Morgan fingerprint density at radius 1 is 1.14 bits per heavy atom. The van der Waals surface area contributed by atoms with Crippen LogP contribution in [0.5, 0.6) is 0 Å². The summed E-state index contributed by atoms with van der Waals surface area (Å²) in [6.07, 6.45) is 10.3. The molecule has 0 aliphatic heterocycles. The van der Waals surface area contributed by atoms with Gasteiger partial charge in [-0.2, -0.15) is 0 Å². The van der Waals surface area contributed by atoms with Crippen molar-refractivity contribution in [2.24, 2.45) is 4.99 Å². The summed E-state index contributed by atoms with van der Waals surface area (Å²) >= 11 is 1.88. The van der Waals surface area contributed by atoms with Crippen LogP contribution in [0.4, 0.5) is 0 Å². The maximum Gasteiger partial charge on any atom is 0.250 e. The molecule has 29 heavy (non-hydrogen) atoms. The summed E-state index contributed by atoms with van der Waals surface area (Å²) < 4.78 is 1.76. The van der Waals surface area contributed by atoms with E-state index in [0.29, 0.717) is 0 Å². The van der Waals surface area contributed by atoms with Gasteiger partial charge in [0.2, 0.25) is 5.56 Å². The van der Waals surface area contributed by atoms with E-state index in [-0.39, 0.29) is 35.0 Å². The largest absolute Gasteiger partial charge is 0.356 e. The third-order valence-corrected chi connectivity index (χ3v) is 6.81. The number of rotatable bonds is 8. The molecular weight excluding hydrogens is 495 g/mol. The number of guanidine groups is 1. The number of aryl methyl sites for hydroxylation is 1. The Bertz CT molecular complexity index is 797. The Kier molecular flexibility index (Phi) is 10.2. The number of aromatic nitrogens is 1. The number of aliphatic imine (C=N–C) groups is 1. The van der Waals surface area contributed by atoms with Crippen molar-refractivity contribution in [3.63, 3.8) is 0 Å². The number of hydrogen-bond donors (Lipinski definition) is 2. The number of halogens is 1. The minimum absolute atomic E-state index is 0. The lowest BCUT2D eigenvalue weighted by molar-refractivity contribution is 0.296. The van der Waals surface area contributed by atoms with Crippen LogP contribution in [0.2, 0.25) is 0 Å². The molecule has 7 heteroatoms. The number of nitrogens with one attached hydrogen (secondary N) is 2. The van der Waals surface area contributed by atoms with E-state index in [1.807, 2.05) is 30.6 Å². The first-order valence-corrected chi connectivity index (χ1v) is 11.3. The Morgan fingerprint density at radius 3 is 2.66 bits per heavy atom. The molecule has 0 unspecified atom stereocenters. The smallest absolute Gasteiger partial charge is 0.250 e. The molecule has 0 amide bonds. The zero-order chi connectivity index (χ0) is 19.7. The maximum atomic E-state index is 11.7. The Balaban J connectivity index is 0.00000300. The zero-order valence-corrected chi connectivity index (χ0v) is 20.4. The molecule has 0 spiro atoms. The average Bonchev–Trinajstić information content (AvgIpc) is 3.28. The highest BCUT2D eigenvalue weighted by Crippen LogP contribution is 2.41. The molecule has 0 bridgehead atoms. The van der Waals surface area contributed by atoms with Crippen molar-refractivity contribution < 1.29 is 0 Å². The van der Waals surface area contributed by atoms with E-state index < -0.39 is 0 Å². The lowest BCUT2D eigenvalue weighted by Crippen LogP contribution is -2.46. The molecule has 160 valence electrons. The predicted molar refractivity (Wildman–Crippen MR) is 134 cm³/mol. The van der Waals surface area contributed by atoms with Crippen LogP contribution in [0, 0.1) is 0 Å². The molecule has 1 aliphatic carbocycles. The molecule has 1 fully saturated rings. The summed E-state index contributed by atoms with van der Waals surface area (Å²) in [5.41, 5.74) is 0.317. The summed E-state index contributed by atoms with van der Waals surface area (Å²) in [7, 11) is 1.83. The summed E-state index contributed by atoms with van der Waals surface area (Å²) in [5, 5.41) is 9.19. The van der Waals surface area contributed by atoms with Crippen LogP contribution in [-0.4, -0.2) is 30.7 Å². The molecule has 5 nitrogen and oxygen atoms in total. The van der Waals surface area contributed by atoms with E-state index >= 15 is 0 Å². The van der Waals surface area contributed by atoms with Gasteiger partial charge in [0.05, 0.1) is 0 Å². The fraction of sp³-hybridized carbons (Fsp3) is 0.545. The quantitative estimate of drug-likeness (QED) is 0.232. The molecule has 0 saturated heterocycles. The lowest BCUT2D eigenvalue weighted by atomic mass is 9.73. The van der Waals surface area contributed by atoms with Gasteiger partial charge in [-0.1, -0.05) is 31.4 Å². The molecule has 1 aliphatic rings. The topological polar surface area (TPSA) is 58.4 Å². The van der Waals surface area contributed by atoms with Crippen molar-refractivity contribution in [1.29, 1.82) is 0 Å². The molecule has 0 aromatic carbocycles. The van der Waals surface area contributed by atoms with Crippen LogP contribution in [-0.2, 0) is 12.0 Å². The van der Waals surface area contributed by atoms with Gasteiger partial charge >= 0.3 is 0 Å². The van der Waals surface area contributed by atoms with Gasteiger partial charge in [0.1, 0.15) is 0 Å². The van der Waals surface area contributed by atoms with Crippen LogP contribution in [0.25, 0.3) is 0 Å². The van der Waals surface area contributed by atoms with Gasteiger partial charge in [0.25, 0.3) is 0 Å². The minimum atomic E-state index is 0. The van der Waals surface area contributed by atoms with Crippen LogP contribution in [0.3, 0.4) is 0 Å². The van der Waals surface area contributed by atoms with Crippen molar-refractivity contribution in [2.75, 3.05) is 20.1 Å². The summed E-state index contributed by atoms with van der Waals surface area (Å²) in [6.45, 7) is 2.55. The second-order valence-corrected chi connectivity index (χ2v) is 8.56. The van der Waals surface area contributed by atoms with Crippen LogP contribution in [0.1, 0.15) is 49.8 Å². The molecule has 0 radical (unpaired) electrons. The number of thiophene rings is 1. The number of hydrogen-bond acceptors (Lipinski definition) is 3. The van der Waals surface area contributed by atoms with E-state index in [1.54, 1.807) is 16.7 Å². The average molecular weight is 529 g/mol. The van der Waals surface area contributed by atoms with E-state index in [9.17, 15) is 4.79 Å². The molecule has 2 heterocycles. The second kappa shape index (κ2) is 12.4. The van der Waals surface area contributed by atoms with Gasteiger partial charge in [0.15, 0.2) is 5.96 Å². The van der Waals surface area contributed by atoms with Crippen LogP contribution >= 0.6 is 35.3 Å². The fourth-order valence-electron chi connectivity index (χ4n) is 4.05. The maximum absolute atomic E-state index is 11.7. The van der Waals surface area contributed by atoms with E-state index in [2.05, 4.69) is 33.1 Å². The van der Waals surface area contributed by atoms with Crippen molar-refractivity contribution in [3.8, 4) is 0 Å². The van der Waals surface area contributed by atoms with Crippen LogP contribution in [0.15, 0.2) is 51.7 Å². The summed E-state index contributed by atoms with van der Waals surface area (Å²) in [6, 6.07) is 9.75. The Labute approximate surface area is 195 Å². The molecule has 2 aromatic rings. The molecule has 0 atom stereocenters. The monoisotopic (exact) mass is 528 g/mol. The lowest BCUT2D eigenvalue weighted by Gasteiger charge is -2.37. The predicted octanol–water partition coefficient (Wildman–Crippen LogP) is 4.38. The van der Waals surface area contributed by atoms with Crippen molar-refractivity contribution in [1.82, 2.24) is 15.2 Å². The third kappa shape index (κ3) is 6.84. The van der Waals surface area contributed by atoms with Gasteiger partial charge in [-0.05, 0) is 43.2 Å². The minimum Gasteiger partial charge on any atom is -0.356 e. The standard InChI is InChI=1S/C22H32N4OS.HI/c1-23-21(24-14-6-8-16-26-15-7-3-11-20(26)27)25-18-22(12-4-2-5-13-22)19-10-9-17-28-19;/h3,7,9-11,15,17H,2,4-6,8,12-14,16,18H2,1H3,(H2,23,24,25);1H.